The first kappa shape index (κ1) is 20.1. The number of piperazine rings is 1. The molecule has 1 fully saturated rings. The van der Waals surface area contributed by atoms with E-state index in [1.165, 1.54) is 21.7 Å². The van der Waals surface area contributed by atoms with Crippen LogP contribution in [-0.4, -0.2) is 54.3 Å². The molecule has 0 spiro atoms. The third kappa shape index (κ3) is 3.80. The monoisotopic (exact) mass is 415 g/mol. The second-order valence-corrected chi connectivity index (χ2v) is 8.03. The summed E-state index contributed by atoms with van der Waals surface area (Å²) in [5.74, 6) is -5.49. The van der Waals surface area contributed by atoms with Crippen LogP contribution in [0.1, 0.15) is 0 Å². The zero-order valence-corrected chi connectivity index (χ0v) is 15.3. The molecule has 0 radical (unpaired) electrons. The average molecular weight is 415 g/mol. The minimum atomic E-state index is -4.39. The van der Waals surface area contributed by atoms with Gasteiger partial charge in [0.2, 0.25) is 15.9 Å². The zero-order valence-electron chi connectivity index (χ0n) is 14.5. The van der Waals surface area contributed by atoms with E-state index in [4.69, 9.17) is 0 Å². The highest BCUT2D eigenvalue weighted by molar-refractivity contribution is 7.89. The van der Waals surface area contributed by atoms with Gasteiger partial charge in [0.15, 0.2) is 17.5 Å². The summed E-state index contributed by atoms with van der Waals surface area (Å²) >= 11 is 0. The highest BCUT2D eigenvalue weighted by atomic mass is 32.2. The molecule has 150 valence electrons. The molecule has 0 bridgehead atoms. The molecule has 1 aliphatic rings. The standard InChI is InChI=1S/C17H16F3N3O4S/c18-12-4-5-13(17(20)16(12)19)28(26,27)23-9-7-21(8-10-23)15(25)11-22-6-2-1-3-14(22)24/h1-6H,7-11H2. The van der Waals surface area contributed by atoms with Crippen LogP contribution in [0.15, 0.2) is 46.2 Å². The summed E-state index contributed by atoms with van der Waals surface area (Å²) in [6, 6.07) is 5.68. The number of carbonyl (C=O) groups excluding carboxylic acids is 1. The number of sulfonamides is 1. The number of amides is 1. The molecule has 1 aromatic carbocycles. The molecule has 11 heteroatoms. The van der Waals surface area contributed by atoms with Crippen molar-refractivity contribution in [2.45, 2.75) is 11.4 Å². The first-order valence-electron chi connectivity index (χ1n) is 8.28. The van der Waals surface area contributed by atoms with Crippen LogP contribution in [0.4, 0.5) is 13.2 Å². The van der Waals surface area contributed by atoms with Gasteiger partial charge in [-0.15, -0.1) is 0 Å². The summed E-state index contributed by atoms with van der Waals surface area (Å²) in [5, 5.41) is 0. The predicted molar refractivity (Wildman–Crippen MR) is 92.4 cm³/mol. The quantitative estimate of drug-likeness (QED) is 0.692. The number of rotatable bonds is 4. The van der Waals surface area contributed by atoms with Crippen LogP contribution in [0, 0.1) is 17.5 Å². The summed E-state index contributed by atoms with van der Waals surface area (Å²) < 4.78 is 67.5. The van der Waals surface area contributed by atoms with Crippen molar-refractivity contribution in [2.24, 2.45) is 0 Å². The van der Waals surface area contributed by atoms with Crippen molar-refractivity contribution in [3.05, 3.63) is 64.3 Å². The van der Waals surface area contributed by atoms with Crippen LogP contribution < -0.4 is 5.56 Å². The SMILES string of the molecule is O=C(Cn1ccccc1=O)N1CCN(S(=O)(=O)c2ccc(F)c(F)c2F)CC1. The van der Waals surface area contributed by atoms with E-state index >= 15 is 0 Å². The topological polar surface area (TPSA) is 79.7 Å². The fourth-order valence-electron chi connectivity index (χ4n) is 2.86. The van der Waals surface area contributed by atoms with Gasteiger partial charge in [-0.3, -0.25) is 9.59 Å². The van der Waals surface area contributed by atoms with E-state index in [-0.39, 0.29) is 44.2 Å². The minimum Gasteiger partial charge on any atom is -0.339 e. The lowest BCUT2D eigenvalue weighted by Crippen LogP contribution is -2.51. The first-order valence-corrected chi connectivity index (χ1v) is 9.72. The van der Waals surface area contributed by atoms with Crippen LogP contribution >= 0.6 is 0 Å². The number of hydrogen-bond donors (Lipinski definition) is 0. The lowest BCUT2D eigenvalue weighted by molar-refractivity contribution is -0.133. The van der Waals surface area contributed by atoms with Crippen molar-refractivity contribution in [1.82, 2.24) is 13.8 Å². The Hall–Kier alpha value is -2.66. The number of carbonyl (C=O) groups is 1. The van der Waals surface area contributed by atoms with Crippen molar-refractivity contribution in [1.29, 1.82) is 0 Å². The van der Waals surface area contributed by atoms with Crippen molar-refractivity contribution in [3.8, 4) is 0 Å². The summed E-state index contributed by atoms with van der Waals surface area (Å²) in [6.45, 7) is -0.438. The second-order valence-electron chi connectivity index (χ2n) is 6.13. The number of nitrogens with zero attached hydrogens (tertiary/aromatic N) is 3. The van der Waals surface area contributed by atoms with Crippen LogP contribution in [0.25, 0.3) is 0 Å². The van der Waals surface area contributed by atoms with Crippen molar-refractivity contribution >= 4 is 15.9 Å². The Morgan fingerprint density at radius 1 is 0.964 bits per heavy atom. The van der Waals surface area contributed by atoms with Gasteiger partial charge in [-0.2, -0.15) is 4.31 Å². The van der Waals surface area contributed by atoms with E-state index in [0.717, 1.165) is 4.31 Å². The lowest BCUT2D eigenvalue weighted by atomic mass is 10.3. The highest BCUT2D eigenvalue weighted by Crippen LogP contribution is 2.24. The Morgan fingerprint density at radius 2 is 1.64 bits per heavy atom. The normalized spacial score (nSPS) is 15.6. The van der Waals surface area contributed by atoms with Gasteiger partial charge >= 0.3 is 0 Å². The molecule has 0 N–H and O–H groups in total. The van der Waals surface area contributed by atoms with Crippen LogP contribution in [0.5, 0.6) is 0 Å². The Balaban J connectivity index is 1.69. The van der Waals surface area contributed by atoms with E-state index in [1.54, 1.807) is 12.1 Å². The largest absolute Gasteiger partial charge is 0.339 e. The Kier molecular flexibility index (Phi) is 5.57. The summed E-state index contributed by atoms with van der Waals surface area (Å²) in [5.41, 5.74) is -0.342. The third-order valence-electron chi connectivity index (χ3n) is 4.41. The molecule has 0 unspecified atom stereocenters. The second kappa shape index (κ2) is 7.76. The first-order chi connectivity index (χ1) is 13.2. The molecule has 1 amide bonds. The Morgan fingerprint density at radius 3 is 2.29 bits per heavy atom. The minimum absolute atomic E-state index is 0.0188. The molecule has 7 nitrogen and oxygen atoms in total. The van der Waals surface area contributed by atoms with Gasteiger partial charge in [-0.25, -0.2) is 21.6 Å². The zero-order chi connectivity index (χ0) is 20.5. The predicted octanol–water partition coefficient (Wildman–Crippen LogP) is 0.799. The molecule has 1 saturated heterocycles. The van der Waals surface area contributed by atoms with Gasteiger partial charge in [0.05, 0.1) is 0 Å². The molecule has 0 atom stereocenters. The molecule has 2 heterocycles. The van der Waals surface area contributed by atoms with Crippen molar-refractivity contribution < 1.29 is 26.4 Å². The smallest absolute Gasteiger partial charge is 0.250 e. The van der Waals surface area contributed by atoms with Gasteiger partial charge in [-0.05, 0) is 18.2 Å². The van der Waals surface area contributed by atoms with Crippen LogP contribution in [0.3, 0.4) is 0 Å². The molecular formula is C17H16F3N3O4S. The molecule has 28 heavy (non-hydrogen) atoms. The molecule has 2 aromatic rings. The van der Waals surface area contributed by atoms with Crippen molar-refractivity contribution in [3.63, 3.8) is 0 Å². The number of pyridine rings is 1. The fourth-order valence-corrected chi connectivity index (χ4v) is 4.34. The summed E-state index contributed by atoms with van der Waals surface area (Å²) in [7, 11) is -4.39. The highest BCUT2D eigenvalue weighted by Gasteiger charge is 2.33. The number of hydrogen-bond acceptors (Lipinski definition) is 4. The number of halogens is 3. The third-order valence-corrected chi connectivity index (χ3v) is 6.33. The average Bonchev–Trinajstić information content (AvgIpc) is 2.68. The van der Waals surface area contributed by atoms with E-state index in [2.05, 4.69) is 0 Å². The van der Waals surface area contributed by atoms with Crippen LogP contribution in [-0.2, 0) is 21.4 Å². The van der Waals surface area contributed by atoms with Crippen molar-refractivity contribution in [2.75, 3.05) is 26.2 Å². The van der Waals surface area contributed by atoms with Gasteiger partial charge in [0.1, 0.15) is 11.4 Å². The van der Waals surface area contributed by atoms with Crippen LogP contribution in [0.2, 0.25) is 0 Å². The fraction of sp³-hybridized carbons (Fsp3) is 0.294. The molecular weight excluding hydrogens is 399 g/mol. The van der Waals surface area contributed by atoms with E-state index in [1.807, 2.05) is 0 Å². The molecule has 1 aromatic heterocycles. The molecule has 0 saturated carbocycles. The van der Waals surface area contributed by atoms with E-state index in [9.17, 15) is 31.2 Å². The van der Waals surface area contributed by atoms with Gasteiger partial charge in [0.25, 0.3) is 5.56 Å². The van der Waals surface area contributed by atoms with E-state index < -0.39 is 32.4 Å². The summed E-state index contributed by atoms with van der Waals surface area (Å²) in [4.78, 5) is 24.4. The molecule has 3 rings (SSSR count). The number of benzene rings is 1. The van der Waals surface area contributed by atoms with E-state index in [0.29, 0.717) is 12.1 Å². The van der Waals surface area contributed by atoms with Gasteiger partial charge in [-0.1, -0.05) is 6.07 Å². The maximum Gasteiger partial charge on any atom is 0.250 e. The van der Waals surface area contributed by atoms with Gasteiger partial charge < -0.3 is 9.47 Å². The maximum atomic E-state index is 13.9. The Bertz CT molecular complexity index is 1060. The number of aromatic nitrogens is 1. The molecule has 0 aliphatic carbocycles. The maximum absolute atomic E-state index is 13.9. The summed E-state index contributed by atoms with van der Waals surface area (Å²) in [6.07, 6.45) is 1.47. The van der Waals surface area contributed by atoms with Gasteiger partial charge in [0, 0.05) is 38.4 Å². The lowest BCUT2D eigenvalue weighted by Gasteiger charge is -2.34. The Labute approximate surface area is 158 Å². The molecule has 1 aliphatic heterocycles.